The largest absolute Gasteiger partial charge is 0.309 e. The van der Waals surface area contributed by atoms with Crippen molar-refractivity contribution in [1.82, 2.24) is 14.1 Å². The van der Waals surface area contributed by atoms with E-state index in [-0.39, 0.29) is 0 Å². The maximum atomic E-state index is 9.87. The second-order valence-electron chi connectivity index (χ2n) is 13.1. The Morgan fingerprint density at radius 1 is 0.385 bits per heavy atom. The molecule has 0 spiro atoms. The molecule has 0 unspecified atom stereocenters. The van der Waals surface area contributed by atoms with E-state index in [0.717, 1.165) is 56.0 Å². The number of hydrogen-bond acceptors (Lipinski definition) is 2. The van der Waals surface area contributed by atoms with Gasteiger partial charge in [-0.3, -0.25) is 0 Å². The lowest BCUT2D eigenvalue weighted by Gasteiger charge is -2.15. The fourth-order valence-electron chi connectivity index (χ4n) is 7.81. The maximum absolute atomic E-state index is 9.87. The summed E-state index contributed by atoms with van der Waals surface area (Å²) in [6, 6.07) is 66.1. The second-order valence-corrected chi connectivity index (χ2v) is 13.1. The van der Waals surface area contributed by atoms with Gasteiger partial charge < -0.3 is 9.13 Å². The normalized spacial score (nSPS) is 11.4. The van der Waals surface area contributed by atoms with Crippen molar-refractivity contribution in [3.63, 3.8) is 0 Å². The number of hydrogen-bond donors (Lipinski definition) is 0. The van der Waals surface area contributed by atoms with E-state index in [1.54, 1.807) is 0 Å². The van der Waals surface area contributed by atoms with Gasteiger partial charge in [-0.15, -0.1) is 0 Å². The van der Waals surface area contributed by atoms with E-state index in [0.29, 0.717) is 5.56 Å². The number of benzene rings is 7. The van der Waals surface area contributed by atoms with E-state index in [4.69, 9.17) is 4.98 Å². The number of nitrogens with zero attached hydrogens (tertiary/aromatic N) is 4. The Morgan fingerprint density at radius 2 is 0.942 bits per heavy atom. The molecule has 10 aromatic rings. The van der Waals surface area contributed by atoms with Gasteiger partial charge in [0.2, 0.25) is 0 Å². The van der Waals surface area contributed by atoms with Crippen molar-refractivity contribution in [2.75, 3.05) is 0 Å². The molecule has 52 heavy (non-hydrogen) atoms. The molecule has 10 rings (SSSR count). The number of rotatable bonds is 5. The molecule has 0 bridgehead atoms. The third-order valence-corrected chi connectivity index (χ3v) is 10.1. The summed E-state index contributed by atoms with van der Waals surface area (Å²) in [5.41, 5.74) is 13.1. The van der Waals surface area contributed by atoms with Crippen molar-refractivity contribution >= 4 is 43.6 Å². The van der Waals surface area contributed by atoms with Gasteiger partial charge in [0.15, 0.2) is 0 Å². The van der Waals surface area contributed by atoms with Crippen LogP contribution < -0.4 is 0 Å². The smallest absolute Gasteiger partial charge is 0.0998 e. The zero-order chi connectivity index (χ0) is 34.6. The van der Waals surface area contributed by atoms with Gasteiger partial charge in [0.25, 0.3) is 0 Å². The van der Waals surface area contributed by atoms with Gasteiger partial charge in [-0.25, -0.2) is 4.98 Å². The van der Waals surface area contributed by atoms with Crippen LogP contribution in [-0.2, 0) is 0 Å². The van der Waals surface area contributed by atoms with Crippen LogP contribution in [0, 0.1) is 11.3 Å². The first-order chi connectivity index (χ1) is 25.7. The fraction of sp³-hybridized carbons (Fsp3) is 0. The molecule has 7 aromatic carbocycles. The lowest BCUT2D eigenvalue weighted by Crippen LogP contribution is -1.97. The van der Waals surface area contributed by atoms with Crippen LogP contribution in [0.25, 0.3) is 88.6 Å². The molecule has 4 nitrogen and oxygen atoms in total. The van der Waals surface area contributed by atoms with Crippen LogP contribution in [0.4, 0.5) is 0 Å². The minimum absolute atomic E-state index is 0.606. The molecule has 242 valence electrons. The summed E-state index contributed by atoms with van der Waals surface area (Å²) in [6.07, 6.45) is 0. The summed E-state index contributed by atoms with van der Waals surface area (Å²) < 4.78 is 4.72. The van der Waals surface area contributed by atoms with Crippen LogP contribution in [0.3, 0.4) is 0 Å². The summed E-state index contributed by atoms with van der Waals surface area (Å²) >= 11 is 0. The Labute approximate surface area is 300 Å². The van der Waals surface area contributed by atoms with Crippen molar-refractivity contribution in [3.8, 4) is 51.1 Å². The highest BCUT2D eigenvalue weighted by molar-refractivity contribution is 6.11. The summed E-state index contributed by atoms with van der Waals surface area (Å²) in [4.78, 5) is 5.17. The number of pyridine rings is 1. The van der Waals surface area contributed by atoms with E-state index < -0.39 is 0 Å². The van der Waals surface area contributed by atoms with Crippen LogP contribution in [0.15, 0.2) is 182 Å². The Balaban J connectivity index is 1.23. The highest BCUT2D eigenvalue weighted by Crippen LogP contribution is 2.39. The quantitative estimate of drug-likeness (QED) is 0.184. The van der Waals surface area contributed by atoms with Gasteiger partial charge >= 0.3 is 0 Å². The molecule has 0 fully saturated rings. The first-order valence-electron chi connectivity index (χ1n) is 17.4. The molecular formula is C48H30N4. The predicted octanol–water partition coefficient (Wildman–Crippen LogP) is 12.1. The lowest BCUT2D eigenvalue weighted by atomic mass is 9.98. The van der Waals surface area contributed by atoms with Gasteiger partial charge in [-0.2, -0.15) is 5.26 Å². The number of nitriles is 1. The molecule has 0 N–H and O–H groups in total. The highest BCUT2D eigenvalue weighted by Gasteiger charge is 2.17. The van der Waals surface area contributed by atoms with Gasteiger partial charge in [-0.05, 0) is 90.0 Å². The maximum Gasteiger partial charge on any atom is 0.0998 e. The first kappa shape index (κ1) is 29.7. The van der Waals surface area contributed by atoms with Crippen LogP contribution in [0.1, 0.15) is 5.56 Å². The molecule has 0 atom stereocenters. The van der Waals surface area contributed by atoms with Crippen molar-refractivity contribution in [3.05, 3.63) is 188 Å². The minimum atomic E-state index is 0.606. The third kappa shape index (κ3) is 4.72. The van der Waals surface area contributed by atoms with Crippen molar-refractivity contribution in [2.45, 2.75) is 0 Å². The highest BCUT2D eigenvalue weighted by atomic mass is 15.0. The van der Waals surface area contributed by atoms with Crippen LogP contribution in [0.5, 0.6) is 0 Å². The van der Waals surface area contributed by atoms with Gasteiger partial charge in [-0.1, -0.05) is 103 Å². The summed E-state index contributed by atoms with van der Waals surface area (Å²) in [5, 5.41) is 14.7. The average Bonchev–Trinajstić information content (AvgIpc) is 3.74. The molecule has 0 radical (unpaired) electrons. The van der Waals surface area contributed by atoms with E-state index in [1.807, 2.05) is 36.4 Å². The zero-order valence-corrected chi connectivity index (χ0v) is 28.1. The van der Waals surface area contributed by atoms with Crippen LogP contribution >= 0.6 is 0 Å². The number of fused-ring (bicyclic) bond motifs is 6. The Kier molecular flexibility index (Phi) is 6.84. The van der Waals surface area contributed by atoms with Gasteiger partial charge in [0.05, 0.1) is 45.1 Å². The molecule has 3 heterocycles. The molecule has 0 aliphatic rings. The first-order valence-corrected chi connectivity index (χ1v) is 17.4. The standard InChI is InChI=1S/C48H30N4/c49-31-33-13-4-5-16-38(33)44-21-12-20-43(50-44)35-27-34(28-37(29-35)52-45-22-9-6-17-39(45)40-18-7-10-23-46(40)52)32-25-26-48-42(30-32)41-19-8-11-24-47(41)51(48)36-14-2-1-3-15-36/h1-30H. The number of aromatic nitrogens is 3. The summed E-state index contributed by atoms with van der Waals surface area (Å²) in [6.45, 7) is 0. The Bertz CT molecular complexity index is 2980. The van der Waals surface area contributed by atoms with Crippen molar-refractivity contribution in [1.29, 1.82) is 5.26 Å². The van der Waals surface area contributed by atoms with E-state index in [2.05, 4.69) is 161 Å². The molecule has 0 saturated carbocycles. The molecule has 3 aromatic heterocycles. The summed E-state index contributed by atoms with van der Waals surface area (Å²) in [7, 11) is 0. The lowest BCUT2D eigenvalue weighted by molar-refractivity contribution is 1.18. The predicted molar refractivity (Wildman–Crippen MR) is 214 cm³/mol. The molecule has 0 amide bonds. The molecule has 0 saturated heterocycles. The van der Waals surface area contributed by atoms with Gasteiger partial charge in [0.1, 0.15) is 0 Å². The fourth-order valence-corrected chi connectivity index (χ4v) is 7.81. The molecule has 0 aliphatic heterocycles. The SMILES string of the molecule is N#Cc1ccccc1-c1cccc(-c2cc(-c3ccc4c(c3)c3ccccc3n4-c3ccccc3)cc(-n3c4ccccc4c4ccccc43)c2)n1. The van der Waals surface area contributed by atoms with E-state index in [1.165, 1.54) is 32.6 Å². The van der Waals surface area contributed by atoms with Gasteiger partial charge in [0, 0.05) is 44.0 Å². The van der Waals surface area contributed by atoms with E-state index >= 15 is 0 Å². The average molecular weight is 663 g/mol. The third-order valence-electron chi connectivity index (χ3n) is 10.1. The van der Waals surface area contributed by atoms with Crippen molar-refractivity contribution < 1.29 is 0 Å². The Morgan fingerprint density at radius 3 is 1.65 bits per heavy atom. The van der Waals surface area contributed by atoms with Crippen LogP contribution in [0.2, 0.25) is 0 Å². The minimum Gasteiger partial charge on any atom is -0.309 e. The Hall–Kier alpha value is -7.22. The molecule has 4 heteroatoms. The monoisotopic (exact) mass is 662 g/mol. The zero-order valence-electron chi connectivity index (χ0n) is 28.1. The molecular weight excluding hydrogens is 633 g/mol. The topological polar surface area (TPSA) is 46.5 Å². The van der Waals surface area contributed by atoms with Crippen molar-refractivity contribution in [2.24, 2.45) is 0 Å². The van der Waals surface area contributed by atoms with Crippen LogP contribution in [-0.4, -0.2) is 14.1 Å². The molecule has 0 aliphatic carbocycles. The van der Waals surface area contributed by atoms with E-state index in [9.17, 15) is 5.26 Å². The summed E-state index contributed by atoms with van der Waals surface area (Å²) in [5.74, 6) is 0. The second kappa shape index (κ2) is 12.0. The number of para-hydroxylation sites is 4.